The Morgan fingerprint density at radius 1 is 1.50 bits per heavy atom. The number of ether oxygens (including phenoxy) is 1. The molecule has 0 atom stereocenters. The highest BCUT2D eigenvalue weighted by Gasteiger charge is 2.09. The van der Waals surface area contributed by atoms with E-state index in [1.165, 1.54) is 0 Å². The van der Waals surface area contributed by atoms with Crippen molar-refractivity contribution in [3.8, 4) is 5.82 Å². The number of nitrogens with one attached hydrogen (secondary N) is 1. The standard InChI is InChI=1S/C13H17N5O2/c1-20-8-6-15-9-10-3-2-5-16-13(10)18-7-4-11(17-18)12(14)19/h2-5,7,15H,6,8-9H2,1H3,(H2,14,19). The van der Waals surface area contributed by atoms with Gasteiger partial charge in [-0.2, -0.15) is 5.10 Å². The zero-order chi connectivity index (χ0) is 14.4. The van der Waals surface area contributed by atoms with E-state index in [1.807, 2.05) is 12.1 Å². The van der Waals surface area contributed by atoms with E-state index in [0.717, 1.165) is 12.1 Å². The number of primary amides is 1. The number of pyridine rings is 1. The summed E-state index contributed by atoms with van der Waals surface area (Å²) in [5, 5.41) is 7.36. The van der Waals surface area contributed by atoms with Crippen molar-refractivity contribution >= 4 is 5.91 Å². The first kappa shape index (κ1) is 14.2. The number of methoxy groups -OCH3 is 1. The highest BCUT2D eigenvalue weighted by molar-refractivity contribution is 5.90. The van der Waals surface area contributed by atoms with Crippen LogP contribution in [0.4, 0.5) is 0 Å². The van der Waals surface area contributed by atoms with E-state index < -0.39 is 5.91 Å². The minimum Gasteiger partial charge on any atom is -0.383 e. The number of rotatable bonds is 7. The zero-order valence-electron chi connectivity index (χ0n) is 11.2. The molecular weight excluding hydrogens is 258 g/mol. The van der Waals surface area contributed by atoms with Crippen molar-refractivity contribution < 1.29 is 9.53 Å². The third-order valence-electron chi connectivity index (χ3n) is 2.72. The van der Waals surface area contributed by atoms with Crippen LogP contribution in [0.15, 0.2) is 30.6 Å². The highest BCUT2D eigenvalue weighted by atomic mass is 16.5. The van der Waals surface area contributed by atoms with E-state index in [-0.39, 0.29) is 5.69 Å². The van der Waals surface area contributed by atoms with Crippen LogP contribution >= 0.6 is 0 Å². The molecule has 0 aliphatic carbocycles. The summed E-state index contributed by atoms with van der Waals surface area (Å²) < 4.78 is 6.53. The molecular formula is C13H17N5O2. The second-order valence-electron chi connectivity index (χ2n) is 4.17. The fourth-order valence-corrected chi connectivity index (χ4v) is 1.75. The average Bonchev–Trinajstić information content (AvgIpc) is 2.94. The molecule has 0 aromatic carbocycles. The molecule has 0 aliphatic rings. The van der Waals surface area contributed by atoms with E-state index in [1.54, 1.807) is 30.3 Å². The second-order valence-corrected chi connectivity index (χ2v) is 4.17. The van der Waals surface area contributed by atoms with Crippen LogP contribution in [0.1, 0.15) is 16.1 Å². The number of nitrogens with zero attached hydrogens (tertiary/aromatic N) is 3. The minimum atomic E-state index is -0.556. The van der Waals surface area contributed by atoms with Crippen molar-refractivity contribution in [2.24, 2.45) is 5.73 Å². The fraction of sp³-hybridized carbons (Fsp3) is 0.308. The molecule has 2 aromatic rings. The van der Waals surface area contributed by atoms with Gasteiger partial charge < -0.3 is 15.8 Å². The van der Waals surface area contributed by atoms with Gasteiger partial charge in [0.25, 0.3) is 5.91 Å². The Bertz CT molecular complexity index is 582. The second kappa shape index (κ2) is 6.78. The first-order valence-electron chi connectivity index (χ1n) is 6.21. The molecule has 2 aromatic heterocycles. The normalized spacial score (nSPS) is 10.7. The maximum Gasteiger partial charge on any atom is 0.269 e. The SMILES string of the molecule is COCCNCc1cccnc1-n1ccc(C(N)=O)n1. The summed E-state index contributed by atoms with van der Waals surface area (Å²) in [7, 11) is 1.66. The van der Waals surface area contributed by atoms with Crippen molar-refractivity contribution in [3.05, 3.63) is 41.9 Å². The monoisotopic (exact) mass is 275 g/mol. The summed E-state index contributed by atoms with van der Waals surface area (Å²) in [6.07, 6.45) is 3.35. The number of carbonyl (C=O) groups is 1. The molecule has 0 saturated carbocycles. The largest absolute Gasteiger partial charge is 0.383 e. The summed E-state index contributed by atoms with van der Waals surface area (Å²) >= 11 is 0. The van der Waals surface area contributed by atoms with E-state index in [2.05, 4.69) is 15.4 Å². The molecule has 7 nitrogen and oxygen atoms in total. The van der Waals surface area contributed by atoms with Gasteiger partial charge in [0.15, 0.2) is 5.82 Å². The predicted octanol–water partition coefficient (Wildman–Crippen LogP) is 0.102. The zero-order valence-corrected chi connectivity index (χ0v) is 11.2. The minimum absolute atomic E-state index is 0.217. The fourth-order valence-electron chi connectivity index (χ4n) is 1.75. The van der Waals surface area contributed by atoms with E-state index in [4.69, 9.17) is 10.5 Å². The maximum atomic E-state index is 11.1. The van der Waals surface area contributed by atoms with Crippen LogP contribution in [-0.4, -0.2) is 40.9 Å². The molecule has 0 radical (unpaired) electrons. The number of amides is 1. The van der Waals surface area contributed by atoms with Gasteiger partial charge in [0.05, 0.1) is 6.61 Å². The van der Waals surface area contributed by atoms with Gasteiger partial charge in [-0.25, -0.2) is 9.67 Å². The number of hydrogen-bond acceptors (Lipinski definition) is 5. The van der Waals surface area contributed by atoms with Gasteiger partial charge in [0.2, 0.25) is 0 Å². The summed E-state index contributed by atoms with van der Waals surface area (Å²) in [6.45, 7) is 2.03. The van der Waals surface area contributed by atoms with E-state index in [0.29, 0.717) is 19.0 Å². The molecule has 1 amide bonds. The van der Waals surface area contributed by atoms with Crippen molar-refractivity contribution in [3.63, 3.8) is 0 Å². The smallest absolute Gasteiger partial charge is 0.269 e. The lowest BCUT2D eigenvalue weighted by molar-refractivity contribution is 0.0995. The number of aromatic nitrogens is 3. The Morgan fingerprint density at radius 3 is 3.05 bits per heavy atom. The quantitative estimate of drug-likeness (QED) is 0.699. The van der Waals surface area contributed by atoms with Crippen LogP contribution in [-0.2, 0) is 11.3 Å². The Balaban J connectivity index is 2.16. The van der Waals surface area contributed by atoms with Crippen molar-refractivity contribution in [1.82, 2.24) is 20.1 Å². The summed E-state index contributed by atoms with van der Waals surface area (Å²) in [5.74, 6) is 0.115. The molecule has 7 heteroatoms. The van der Waals surface area contributed by atoms with Crippen molar-refractivity contribution in [1.29, 1.82) is 0 Å². The molecule has 2 rings (SSSR count). The van der Waals surface area contributed by atoms with Crippen LogP contribution in [0.3, 0.4) is 0 Å². The number of hydrogen-bond donors (Lipinski definition) is 2. The first-order valence-corrected chi connectivity index (χ1v) is 6.21. The van der Waals surface area contributed by atoms with Crippen LogP contribution < -0.4 is 11.1 Å². The van der Waals surface area contributed by atoms with Gasteiger partial charge in [-0.3, -0.25) is 4.79 Å². The molecule has 0 unspecified atom stereocenters. The lowest BCUT2D eigenvalue weighted by Crippen LogP contribution is -2.20. The van der Waals surface area contributed by atoms with Crippen LogP contribution in [0.25, 0.3) is 5.82 Å². The van der Waals surface area contributed by atoms with Gasteiger partial charge in [-0.15, -0.1) is 0 Å². The Labute approximate surface area is 116 Å². The third-order valence-corrected chi connectivity index (χ3v) is 2.72. The lowest BCUT2D eigenvalue weighted by atomic mass is 10.2. The van der Waals surface area contributed by atoms with Gasteiger partial charge in [0, 0.05) is 38.2 Å². The Kier molecular flexibility index (Phi) is 4.80. The average molecular weight is 275 g/mol. The molecule has 2 heterocycles. The molecule has 0 saturated heterocycles. The summed E-state index contributed by atoms with van der Waals surface area (Å²) in [5.41, 5.74) is 6.39. The molecule has 0 bridgehead atoms. The van der Waals surface area contributed by atoms with Crippen LogP contribution in [0.5, 0.6) is 0 Å². The molecule has 106 valence electrons. The Hall–Kier alpha value is -2.25. The van der Waals surface area contributed by atoms with E-state index in [9.17, 15) is 4.79 Å². The van der Waals surface area contributed by atoms with Gasteiger partial charge in [-0.1, -0.05) is 6.07 Å². The van der Waals surface area contributed by atoms with Crippen molar-refractivity contribution in [2.45, 2.75) is 6.54 Å². The van der Waals surface area contributed by atoms with Gasteiger partial charge in [0.1, 0.15) is 5.69 Å². The predicted molar refractivity (Wildman–Crippen MR) is 73.5 cm³/mol. The maximum absolute atomic E-state index is 11.1. The van der Waals surface area contributed by atoms with Gasteiger partial charge >= 0.3 is 0 Å². The molecule has 0 spiro atoms. The first-order chi connectivity index (χ1) is 9.72. The topological polar surface area (TPSA) is 95.1 Å². The molecule has 0 aliphatic heterocycles. The van der Waals surface area contributed by atoms with Crippen LogP contribution in [0, 0.1) is 0 Å². The van der Waals surface area contributed by atoms with Gasteiger partial charge in [-0.05, 0) is 12.1 Å². The molecule has 20 heavy (non-hydrogen) atoms. The number of nitrogens with two attached hydrogens (primary N) is 1. The highest BCUT2D eigenvalue weighted by Crippen LogP contribution is 2.10. The summed E-state index contributed by atoms with van der Waals surface area (Å²) in [6, 6.07) is 5.38. The molecule has 3 N–H and O–H groups in total. The lowest BCUT2D eigenvalue weighted by Gasteiger charge is -2.09. The van der Waals surface area contributed by atoms with Crippen LogP contribution in [0.2, 0.25) is 0 Å². The number of carbonyl (C=O) groups excluding carboxylic acids is 1. The summed E-state index contributed by atoms with van der Waals surface area (Å²) in [4.78, 5) is 15.4. The third kappa shape index (κ3) is 3.40. The van der Waals surface area contributed by atoms with Crippen molar-refractivity contribution in [2.75, 3.05) is 20.3 Å². The Morgan fingerprint density at radius 2 is 2.35 bits per heavy atom. The van der Waals surface area contributed by atoms with E-state index >= 15 is 0 Å². The molecule has 0 fully saturated rings.